The molecule has 0 radical (unpaired) electrons. The van der Waals surface area contributed by atoms with Crippen LogP contribution in [0, 0.1) is 46.3 Å². The summed E-state index contributed by atoms with van der Waals surface area (Å²) in [5.41, 5.74) is 2.28. The van der Waals surface area contributed by atoms with Gasteiger partial charge in [-0.2, -0.15) is 0 Å². The first-order chi connectivity index (χ1) is 15.2. The highest BCUT2D eigenvalue weighted by atomic mass is 19.1. The van der Waals surface area contributed by atoms with Gasteiger partial charge in [0.15, 0.2) is 6.67 Å². The Morgan fingerprint density at radius 3 is 2.59 bits per heavy atom. The minimum Gasteiger partial charge on any atom is -0.460 e. The molecule has 2 nitrogen and oxygen atoms in total. The lowest BCUT2D eigenvalue weighted by molar-refractivity contribution is -0.152. The second-order valence-corrected chi connectivity index (χ2v) is 12.8. The minimum atomic E-state index is -1.01. The van der Waals surface area contributed by atoms with Gasteiger partial charge < -0.3 is 4.74 Å². The van der Waals surface area contributed by atoms with Crippen LogP contribution < -0.4 is 0 Å². The molecule has 8 atom stereocenters. The van der Waals surface area contributed by atoms with E-state index in [-0.39, 0.29) is 11.5 Å². The number of halogens is 1. The molecule has 4 aliphatic carbocycles. The second kappa shape index (κ2) is 9.41. The summed E-state index contributed by atoms with van der Waals surface area (Å²) in [6.45, 7) is 11.4. The molecule has 32 heavy (non-hydrogen) atoms. The monoisotopic (exact) mass is 446 g/mol. The third kappa shape index (κ3) is 4.31. The van der Waals surface area contributed by atoms with E-state index in [1.165, 1.54) is 56.9 Å². The Kier molecular flexibility index (Phi) is 7.14. The maximum absolute atomic E-state index is 12.6. The van der Waals surface area contributed by atoms with Crippen molar-refractivity contribution in [3.05, 3.63) is 11.6 Å². The molecule has 3 fully saturated rings. The van der Waals surface area contributed by atoms with Crippen LogP contribution >= 0.6 is 0 Å². The average molecular weight is 447 g/mol. The molecule has 182 valence electrons. The number of carbonyl (C=O) groups is 1. The van der Waals surface area contributed by atoms with Crippen LogP contribution in [0.2, 0.25) is 0 Å². The number of carbonyl (C=O) groups excluding carboxylic acids is 1. The molecule has 0 spiro atoms. The molecular formula is C29H47FO2. The zero-order chi connectivity index (χ0) is 23.1. The van der Waals surface area contributed by atoms with Gasteiger partial charge in [0.1, 0.15) is 6.10 Å². The molecule has 0 aliphatic heterocycles. The highest BCUT2D eigenvalue weighted by Gasteiger charge is 2.59. The summed E-state index contributed by atoms with van der Waals surface area (Å²) < 4.78 is 18.0. The van der Waals surface area contributed by atoms with Crippen molar-refractivity contribution in [1.82, 2.24) is 0 Å². The first-order valence-electron chi connectivity index (χ1n) is 13.6. The molecular weight excluding hydrogens is 399 g/mol. The Labute approximate surface area is 196 Å². The van der Waals surface area contributed by atoms with Crippen molar-refractivity contribution in [2.24, 2.45) is 46.3 Å². The lowest BCUT2D eigenvalue weighted by atomic mass is 9.47. The van der Waals surface area contributed by atoms with E-state index in [4.69, 9.17) is 4.74 Å². The Balaban J connectivity index is 1.45. The van der Waals surface area contributed by atoms with E-state index < -0.39 is 12.6 Å². The number of ether oxygens (including phenoxy) is 1. The molecule has 0 amide bonds. The molecule has 1 unspecified atom stereocenters. The van der Waals surface area contributed by atoms with Gasteiger partial charge in [0.2, 0.25) is 0 Å². The van der Waals surface area contributed by atoms with Crippen molar-refractivity contribution in [2.45, 2.75) is 111 Å². The van der Waals surface area contributed by atoms with Crippen LogP contribution in [0.4, 0.5) is 4.39 Å². The zero-order valence-corrected chi connectivity index (χ0v) is 21.3. The van der Waals surface area contributed by atoms with Gasteiger partial charge in [0.25, 0.3) is 0 Å². The number of esters is 1. The molecule has 3 saturated carbocycles. The number of hydrogen-bond acceptors (Lipinski definition) is 2. The van der Waals surface area contributed by atoms with Crippen molar-refractivity contribution in [1.29, 1.82) is 0 Å². The average Bonchev–Trinajstić information content (AvgIpc) is 3.11. The van der Waals surface area contributed by atoms with Crippen molar-refractivity contribution < 1.29 is 13.9 Å². The molecule has 0 bridgehead atoms. The summed E-state index contributed by atoms with van der Waals surface area (Å²) in [5, 5.41) is 0. The van der Waals surface area contributed by atoms with Crippen LogP contribution in [0.25, 0.3) is 0 Å². The number of fused-ring (bicyclic) bond motifs is 5. The summed E-state index contributed by atoms with van der Waals surface area (Å²) in [6, 6.07) is 0. The largest absolute Gasteiger partial charge is 0.460 e. The molecule has 4 rings (SSSR count). The van der Waals surface area contributed by atoms with Gasteiger partial charge in [-0.05, 0) is 91.3 Å². The summed E-state index contributed by atoms with van der Waals surface area (Å²) in [7, 11) is 0. The van der Waals surface area contributed by atoms with Crippen molar-refractivity contribution in [2.75, 3.05) is 6.67 Å². The SMILES string of the molecule is CC(C)CCC[C@@H](C)C1CC[C@H]2[C@@H]3CC=C4C[C@@H](OC(=O)CF)CC[C@]4(C)[C@H]3CC[C@]12C. The number of rotatable bonds is 7. The molecule has 0 heterocycles. The Hall–Kier alpha value is -0.860. The first-order valence-corrected chi connectivity index (χ1v) is 13.6. The van der Waals surface area contributed by atoms with Gasteiger partial charge in [-0.3, -0.25) is 0 Å². The fourth-order valence-electron chi connectivity index (χ4n) is 8.97. The van der Waals surface area contributed by atoms with E-state index in [9.17, 15) is 9.18 Å². The fourth-order valence-corrected chi connectivity index (χ4v) is 8.97. The summed E-state index contributed by atoms with van der Waals surface area (Å²) in [5.74, 6) is 4.34. The Bertz CT molecular complexity index is 714. The summed E-state index contributed by atoms with van der Waals surface area (Å²) in [6.07, 6.45) is 16.2. The van der Waals surface area contributed by atoms with Crippen LogP contribution in [0.5, 0.6) is 0 Å². The molecule has 0 aromatic rings. The van der Waals surface area contributed by atoms with Crippen LogP contribution in [-0.4, -0.2) is 18.7 Å². The predicted octanol–water partition coefficient (Wildman–Crippen LogP) is 7.91. The van der Waals surface area contributed by atoms with Crippen LogP contribution in [-0.2, 0) is 9.53 Å². The highest BCUT2D eigenvalue weighted by molar-refractivity contribution is 5.70. The van der Waals surface area contributed by atoms with Gasteiger partial charge >= 0.3 is 5.97 Å². The fraction of sp³-hybridized carbons (Fsp3) is 0.897. The standard InChI is InChI=1S/C29H47FO2/c1-19(2)7-6-8-20(3)24-11-12-25-23-10-9-21-17-22(32-27(31)18-30)13-15-28(21,4)26(23)14-16-29(24,25)5/h9,19-20,22-26H,6-8,10-18H2,1-5H3/t20-,22+,23+,24?,25+,26+,28+,29-/m1/s1. The van der Waals surface area contributed by atoms with E-state index in [1.54, 1.807) is 0 Å². The van der Waals surface area contributed by atoms with Crippen LogP contribution in [0.15, 0.2) is 11.6 Å². The van der Waals surface area contributed by atoms with Crippen molar-refractivity contribution in [3.8, 4) is 0 Å². The lowest BCUT2D eigenvalue weighted by Crippen LogP contribution is -2.51. The number of hydrogen-bond donors (Lipinski definition) is 0. The Morgan fingerprint density at radius 1 is 1.09 bits per heavy atom. The highest BCUT2D eigenvalue weighted by Crippen LogP contribution is 2.67. The predicted molar refractivity (Wildman–Crippen MR) is 129 cm³/mol. The molecule has 0 saturated heterocycles. The molecule has 3 heteroatoms. The first kappa shape index (κ1) is 24.3. The van der Waals surface area contributed by atoms with E-state index in [2.05, 4.69) is 40.7 Å². The van der Waals surface area contributed by atoms with Gasteiger partial charge in [-0.25, -0.2) is 9.18 Å². The third-order valence-electron chi connectivity index (χ3n) is 10.7. The zero-order valence-electron chi connectivity index (χ0n) is 21.3. The van der Waals surface area contributed by atoms with Gasteiger partial charge in [-0.1, -0.05) is 65.5 Å². The van der Waals surface area contributed by atoms with E-state index >= 15 is 0 Å². The molecule has 0 aromatic heterocycles. The second-order valence-electron chi connectivity index (χ2n) is 12.8. The minimum absolute atomic E-state index is 0.120. The van der Waals surface area contributed by atoms with Gasteiger partial charge in [-0.15, -0.1) is 0 Å². The van der Waals surface area contributed by atoms with E-state index in [0.717, 1.165) is 54.8 Å². The molecule has 0 aromatic carbocycles. The maximum Gasteiger partial charge on any atom is 0.337 e. The molecule has 4 aliphatic rings. The van der Waals surface area contributed by atoms with Crippen molar-refractivity contribution >= 4 is 5.97 Å². The maximum atomic E-state index is 12.6. The third-order valence-corrected chi connectivity index (χ3v) is 10.7. The van der Waals surface area contributed by atoms with Crippen molar-refractivity contribution in [3.63, 3.8) is 0 Å². The molecule has 0 N–H and O–H groups in total. The number of alkyl halides is 1. The Morgan fingerprint density at radius 2 is 1.88 bits per heavy atom. The van der Waals surface area contributed by atoms with Gasteiger partial charge in [0.05, 0.1) is 0 Å². The van der Waals surface area contributed by atoms with Crippen LogP contribution in [0.1, 0.15) is 105 Å². The summed E-state index contributed by atoms with van der Waals surface area (Å²) in [4.78, 5) is 11.5. The van der Waals surface area contributed by atoms with E-state index in [1.807, 2.05) is 0 Å². The topological polar surface area (TPSA) is 26.3 Å². The van der Waals surface area contributed by atoms with E-state index in [0.29, 0.717) is 5.41 Å². The smallest absolute Gasteiger partial charge is 0.337 e. The quantitative estimate of drug-likeness (QED) is 0.293. The van der Waals surface area contributed by atoms with Crippen LogP contribution in [0.3, 0.4) is 0 Å². The van der Waals surface area contributed by atoms with Gasteiger partial charge in [0, 0.05) is 6.42 Å². The summed E-state index contributed by atoms with van der Waals surface area (Å²) >= 11 is 0. The lowest BCUT2D eigenvalue weighted by Gasteiger charge is -2.58. The normalized spacial score (nSPS) is 42.0. The number of allylic oxidation sites excluding steroid dienone is 1.